The first-order valence-corrected chi connectivity index (χ1v) is 6.00. The van der Waals surface area contributed by atoms with Gasteiger partial charge in [0.25, 0.3) is 0 Å². The fourth-order valence-electron chi connectivity index (χ4n) is 1.67. The van der Waals surface area contributed by atoms with Crippen molar-refractivity contribution in [2.45, 2.75) is 32.5 Å². The van der Waals surface area contributed by atoms with Crippen molar-refractivity contribution in [3.05, 3.63) is 23.8 Å². The standard InChI is InChI=1S/C13H19F3N2O/c1-4-19-12(2,3)8-18-9-5-6-11(17)10(7-9)13(14,15)16/h5-7,18H,4,8,17H2,1-3H3. The molecule has 0 spiro atoms. The van der Waals surface area contributed by atoms with Gasteiger partial charge in [-0.25, -0.2) is 0 Å². The summed E-state index contributed by atoms with van der Waals surface area (Å²) in [5.74, 6) is 0. The molecule has 0 aliphatic carbocycles. The monoisotopic (exact) mass is 276 g/mol. The van der Waals surface area contributed by atoms with Gasteiger partial charge in [0, 0.05) is 24.5 Å². The van der Waals surface area contributed by atoms with Crippen LogP contribution < -0.4 is 11.1 Å². The van der Waals surface area contributed by atoms with E-state index in [0.29, 0.717) is 18.8 Å². The summed E-state index contributed by atoms with van der Waals surface area (Å²) in [6.07, 6.45) is -4.45. The van der Waals surface area contributed by atoms with E-state index in [1.54, 1.807) is 0 Å². The summed E-state index contributed by atoms with van der Waals surface area (Å²) in [6.45, 7) is 6.55. The van der Waals surface area contributed by atoms with Crippen molar-refractivity contribution < 1.29 is 17.9 Å². The van der Waals surface area contributed by atoms with Crippen LogP contribution in [0.25, 0.3) is 0 Å². The summed E-state index contributed by atoms with van der Waals surface area (Å²) in [6, 6.07) is 3.78. The summed E-state index contributed by atoms with van der Waals surface area (Å²) in [5, 5.41) is 2.93. The molecule has 0 saturated carbocycles. The van der Waals surface area contributed by atoms with Gasteiger partial charge in [-0.2, -0.15) is 13.2 Å². The van der Waals surface area contributed by atoms with Crippen molar-refractivity contribution in [3.8, 4) is 0 Å². The van der Waals surface area contributed by atoms with Crippen LogP contribution in [0.1, 0.15) is 26.3 Å². The molecule has 0 aliphatic heterocycles. The van der Waals surface area contributed by atoms with E-state index in [2.05, 4.69) is 5.32 Å². The molecule has 0 radical (unpaired) electrons. The van der Waals surface area contributed by atoms with Crippen LogP contribution in [-0.2, 0) is 10.9 Å². The maximum atomic E-state index is 12.7. The Bertz CT molecular complexity index is 430. The Morgan fingerprint density at radius 2 is 1.89 bits per heavy atom. The third-order valence-electron chi connectivity index (χ3n) is 2.61. The van der Waals surface area contributed by atoms with E-state index in [-0.39, 0.29) is 5.69 Å². The highest BCUT2D eigenvalue weighted by atomic mass is 19.4. The Labute approximate surface area is 110 Å². The summed E-state index contributed by atoms with van der Waals surface area (Å²) in [7, 11) is 0. The van der Waals surface area contributed by atoms with Gasteiger partial charge in [0.15, 0.2) is 0 Å². The molecule has 0 bridgehead atoms. The Hall–Kier alpha value is -1.43. The molecule has 0 saturated heterocycles. The minimum Gasteiger partial charge on any atom is -0.398 e. The molecular formula is C13H19F3N2O. The number of anilines is 2. The van der Waals surface area contributed by atoms with Crippen LogP contribution in [0.2, 0.25) is 0 Å². The van der Waals surface area contributed by atoms with E-state index in [4.69, 9.17) is 10.5 Å². The molecule has 0 aliphatic rings. The Balaban J connectivity index is 2.81. The van der Waals surface area contributed by atoms with Crippen LogP contribution in [0.15, 0.2) is 18.2 Å². The topological polar surface area (TPSA) is 47.3 Å². The highest BCUT2D eigenvalue weighted by Gasteiger charge is 2.33. The number of halogens is 3. The van der Waals surface area contributed by atoms with Crippen molar-refractivity contribution in [3.63, 3.8) is 0 Å². The van der Waals surface area contributed by atoms with E-state index in [1.807, 2.05) is 20.8 Å². The number of rotatable bonds is 5. The van der Waals surface area contributed by atoms with Crippen molar-refractivity contribution >= 4 is 11.4 Å². The van der Waals surface area contributed by atoms with Crippen LogP contribution in [0, 0.1) is 0 Å². The van der Waals surface area contributed by atoms with Gasteiger partial charge < -0.3 is 15.8 Å². The van der Waals surface area contributed by atoms with Gasteiger partial charge in [-0.05, 0) is 39.0 Å². The van der Waals surface area contributed by atoms with Crippen LogP contribution in [0.4, 0.5) is 24.5 Å². The Morgan fingerprint density at radius 1 is 1.26 bits per heavy atom. The third-order valence-corrected chi connectivity index (χ3v) is 2.61. The molecule has 108 valence electrons. The average Bonchev–Trinajstić information content (AvgIpc) is 2.26. The highest BCUT2D eigenvalue weighted by molar-refractivity contribution is 5.58. The Kier molecular flexibility index (Phi) is 4.68. The van der Waals surface area contributed by atoms with Crippen LogP contribution >= 0.6 is 0 Å². The summed E-state index contributed by atoms with van der Waals surface area (Å²) in [5.41, 5.74) is 4.15. The lowest BCUT2D eigenvalue weighted by Gasteiger charge is -2.25. The molecule has 3 nitrogen and oxygen atoms in total. The average molecular weight is 276 g/mol. The molecule has 0 unspecified atom stereocenters. The van der Waals surface area contributed by atoms with Crippen molar-refractivity contribution in [1.29, 1.82) is 0 Å². The lowest BCUT2D eigenvalue weighted by atomic mass is 10.1. The first-order chi connectivity index (χ1) is 8.65. The zero-order chi connectivity index (χ0) is 14.7. The first-order valence-electron chi connectivity index (χ1n) is 6.00. The van der Waals surface area contributed by atoms with Crippen LogP contribution in [0.3, 0.4) is 0 Å². The second-order valence-electron chi connectivity index (χ2n) is 4.85. The zero-order valence-electron chi connectivity index (χ0n) is 11.3. The molecule has 1 aromatic rings. The minimum absolute atomic E-state index is 0.276. The van der Waals surface area contributed by atoms with Gasteiger partial charge in [-0.15, -0.1) is 0 Å². The molecule has 0 aromatic heterocycles. The molecule has 0 heterocycles. The number of nitrogens with two attached hydrogens (primary N) is 1. The molecule has 0 atom stereocenters. The van der Waals surface area contributed by atoms with Crippen molar-refractivity contribution in [2.75, 3.05) is 24.2 Å². The van der Waals surface area contributed by atoms with Crippen LogP contribution in [-0.4, -0.2) is 18.8 Å². The number of hydrogen-bond donors (Lipinski definition) is 2. The Morgan fingerprint density at radius 3 is 2.42 bits per heavy atom. The predicted octanol–water partition coefficient (Wildman–Crippen LogP) is 3.51. The van der Waals surface area contributed by atoms with Gasteiger partial charge in [0.1, 0.15) is 0 Å². The normalized spacial score (nSPS) is 12.5. The first kappa shape index (κ1) is 15.6. The SMILES string of the molecule is CCOC(C)(C)CNc1ccc(N)c(C(F)(F)F)c1. The third kappa shape index (κ3) is 4.63. The van der Waals surface area contributed by atoms with E-state index in [1.165, 1.54) is 12.1 Å². The van der Waals surface area contributed by atoms with Crippen molar-refractivity contribution in [1.82, 2.24) is 0 Å². The number of ether oxygens (including phenoxy) is 1. The fourth-order valence-corrected chi connectivity index (χ4v) is 1.67. The molecular weight excluding hydrogens is 257 g/mol. The minimum atomic E-state index is -4.45. The lowest BCUT2D eigenvalue weighted by molar-refractivity contribution is -0.136. The van der Waals surface area contributed by atoms with Gasteiger partial charge in [0.2, 0.25) is 0 Å². The lowest BCUT2D eigenvalue weighted by Crippen LogP contribution is -2.33. The highest BCUT2D eigenvalue weighted by Crippen LogP contribution is 2.35. The molecule has 0 amide bonds. The molecule has 0 fully saturated rings. The van der Waals surface area contributed by atoms with Gasteiger partial charge in [-0.3, -0.25) is 0 Å². The molecule has 3 N–H and O–H groups in total. The maximum Gasteiger partial charge on any atom is 0.418 e. The number of nitrogen functional groups attached to an aromatic ring is 1. The number of alkyl halides is 3. The summed E-state index contributed by atoms with van der Waals surface area (Å²) in [4.78, 5) is 0. The van der Waals surface area contributed by atoms with Gasteiger partial charge >= 0.3 is 6.18 Å². The van der Waals surface area contributed by atoms with E-state index < -0.39 is 17.3 Å². The quantitative estimate of drug-likeness (QED) is 0.809. The van der Waals surface area contributed by atoms with E-state index >= 15 is 0 Å². The molecule has 1 aromatic carbocycles. The molecule has 19 heavy (non-hydrogen) atoms. The smallest absolute Gasteiger partial charge is 0.398 e. The zero-order valence-corrected chi connectivity index (χ0v) is 11.3. The predicted molar refractivity (Wildman–Crippen MR) is 70.1 cm³/mol. The number of benzene rings is 1. The number of nitrogens with one attached hydrogen (secondary N) is 1. The maximum absolute atomic E-state index is 12.7. The van der Waals surface area contributed by atoms with Crippen LogP contribution in [0.5, 0.6) is 0 Å². The second kappa shape index (κ2) is 5.69. The number of hydrogen-bond acceptors (Lipinski definition) is 3. The van der Waals surface area contributed by atoms with Crippen molar-refractivity contribution in [2.24, 2.45) is 0 Å². The molecule has 1 rings (SSSR count). The van der Waals surface area contributed by atoms with Gasteiger partial charge in [-0.1, -0.05) is 0 Å². The summed E-state index contributed by atoms with van der Waals surface area (Å²) >= 11 is 0. The van der Waals surface area contributed by atoms with E-state index in [0.717, 1.165) is 6.07 Å². The molecule has 6 heteroatoms. The second-order valence-corrected chi connectivity index (χ2v) is 4.85. The summed E-state index contributed by atoms with van der Waals surface area (Å²) < 4.78 is 43.5. The van der Waals surface area contributed by atoms with Gasteiger partial charge in [0.05, 0.1) is 11.2 Å². The fraction of sp³-hybridized carbons (Fsp3) is 0.538. The largest absolute Gasteiger partial charge is 0.418 e. The van der Waals surface area contributed by atoms with E-state index in [9.17, 15) is 13.2 Å².